The molecule has 8 heteroatoms. The lowest BCUT2D eigenvalue weighted by Gasteiger charge is -2.33. The monoisotopic (exact) mass is 326 g/mol. The lowest BCUT2D eigenvalue weighted by Crippen LogP contribution is -2.44. The Bertz CT molecular complexity index is 753. The summed E-state index contributed by atoms with van der Waals surface area (Å²) in [5.41, 5.74) is 2.19. The number of rotatable bonds is 1. The van der Waals surface area contributed by atoms with E-state index in [0.717, 1.165) is 11.4 Å². The van der Waals surface area contributed by atoms with E-state index in [1.165, 1.54) is 15.6 Å². The van der Waals surface area contributed by atoms with Crippen LogP contribution in [0.1, 0.15) is 34.6 Å². The van der Waals surface area contributed by atoms with Gasteiger partial charge in [0.05, 0.1) is 12.1 Å². The second-order valence-corrected chi connectivity index (χ2v) is 5.96. The normalized spacial score (nSPS) is 19.3. The van der Waals surface area contributed by atoms with Crippen LogP contribution >= 0.6 is 0 Å². The Hall–Kier alpha value is -2.12. The first-order valence-electron chi connectivity index (χ1n) is 7.45. The minimum Gasteiger partial charge on any atom is -0.338 e. The Labute approximate surface area is 131 Å². The molecule has 3 heterocycles. The van der Waals surface area contributed by atoms with Crippen molar-refractivity contribution in [3.05, 3.63) is 29.2 Å². The van der Waals surface area contributed by atoms with Gasteiger partial charge in [0.25, 0.3) is 5.91 Å². The molecule has 0 radical (unpaired) electrons. The van der Waals surface area contributed by atoms with E-state index >= 15 is 0 Å². The standard InChI is InChI=1S/C15H17F3N4O/c1-9-6-10(2)22-13(20-9)12(7-19-22)14(23)21-5-3-4-11(8-21)15(16,17)18/h6-7,11H,3-5,8H2,1-2H3. The fourth-order valence-corrected chi connectivity index (χ4v) is 3.02. The number of fused-ring (bicyclic) bond motifs is 1. The van der Waals surface area contributed by atoms with Crippen molar-refractivity contribution in [1.29, 1.82) is 0 Å². The van der Waals surface area contributed by atoms with Gasteiger partial charge in [-0.15, -0.1) is 0 Å². The summed E-state index contributed by atoms with van der Waals surface area (Å²) in [6.07, 6.45) is -2.47. The van der Waals surface area contributed by atoms with Gasteiger partial charge >= 0.3 is 6.18 Å². The smallest absolute Gasteiger partial charge is 0.338 e. The Kier molecular flexibility index (Phi) is 3.77. The summed E-state index contributed by atoms with van der Waals surface area (Å²) in [6.45, 7) is 3.66. The first kappa shape index (κ1) is 15.8. The van der Waals surface area contributed by atoms with Gasteiger partial charge in [0.15, 0.2) is 5.65 Å². The molecule has 1 unspecified atom stereocenters. The number of alkyl halides is 3. The van der Waals surface area contributed by atoms with E-state index in [1.54, 1.807) is 6.92 Å². The van der Waals surface area contributed by atoms with E-state index in [0.29, 0.717) is 18.6 Å². The molecule has 2 aromatic rings. The highest BCUT2D eigenvalue weighted by Crippen LogP contribution is 2.33. The Balaban J connectivity index is 1.92. The molecule has 0 N–H and O–H groups in total. The van der Waals surface area contributed by atoms with E-state index in [1.807, 2.05) is 13.0 Å². The second-order valence-electron chi connectivity index (χ2n) is 5.96. The van der Waals surface area contributed by atoms with Gasteiger partial charge in [0.1, 0.15) is 5.56 Å². The zero-order valence-electron chi connectivity index (χ0n) is 12.9. The van der Waals surface area contributed by atoms with Crippen LogP contribution in [0.4, 0.5) is 13.2 Å². The van der Waals surface area contributed by atoms with Gasteiger partial charge < -0.3 is 4.90 Å². The summed E-state index contributed by atoms with van der Waals surface area (Å²) in [4.78, 5) is 18.2. The van der Waals surface area contributed by atoms with Crippen LogP contribution in [0.15, 0.2) is 12.3 Å². The molecule has 5 nitrogen and oxygen atoms in total. The average molecular weight is 326 g/mol. The highest BCUT2D eigenvalue weighted by Gasteiger charge is 2.43. The Morgan fingerprint density at radius 1 is 1.35 bits per heavy atom. The third kappa shape index (κ3) is 2.89. The first-order chi connectivity index (χ1) is 10.8. The fraction of sp³-hybridized carbons (Fsp3) is 0.533. The molecule has 1 atom stereocenters. The summed E-state index contributed by atoms with van der Waals surface area (Å²) in [7, 11) is 0. The van der Waals surface area contributed by atoms with Gasteiger partial charge in [0, 0.05) is 24.5 Å². The van der Waals surface area contributed by atoms with Crippen LogP contribution in [0.2, 0.25) is 0 Å². The van der Waals surface area contributed by atoms with Crippen molar-refractivity contribution in [2.24, 2.45) is 5.92 Å². The fourth-order valence-electron chi connectivity index (χ4n) is 3.02. The molecule has 1 aliphatic rings. The van der Waals surface area contributed by atoms with Crippen molar-refractivity contribution in [3.63, 3.8) is 0 Å². The Morgan fingerprint density at radius 3 is 2.78 bits per heavy atom. The summed E-state index contributed by atoms with van der Waals surface area (Å²) < 4.78 is 40.3. The number of carbonyl (C=O) groups excluding carboxylic acids is 1. The molecule has 0 aromatic carbocycles. The SMILES string of the molecule is Cc1cc(C)n2ncc(C(=O)N3CCCC(C(F)(F)F)C3)c2n1. The third-order valence-electron chi connectivity index (χ3n) is 4.18. The zero-order chi connectivity index (χ0) is 16.8. The van der Waals surface area contributed by atoms with Crippen molar-refractivity contribution in [2.75, 3.05) is 13.1 Å². The largest absolute Gasteiger partial charge is 0.393 e. The number of amides is 1. The number of carbonyl (C=O) groups is 1. The van der Waals surface area contributed by atoms with Crippen molar-refractivity contribution >= 4 is 11.6 Å². The molecule has 1 amide bonds. The lowest BCUT2D eigenvalue weighted by atomic mass is 9.97. The van der Waals surface area contributed by atoms with Crippen LogP contribution in [-0.4, -0.2) is 44.7 Å². The summed E-state index contributed by atoms with van der Waals surface area (Å²) >= 11 is 0. The molecule has 0 saturated carbocycles. The number of hydrogen-bond donors (Lipinski definition) is 0. The van der Waals surface area contributed by atoms with Crippen molar-refractivity contribution in [1.82, 2.24) is 19.5 Å². The second kappa shape index (κ2) is 5.50. The highest BCUT2D eigenvalue weighted by atomic mass is 19.4. The van der Waals surface area contributed by atoms with E-state index in [2.05, 4.69) is 10.1 Å². The quantitative estimate of drug-likeness (QED) is 0.810. The van der Waals surface area contributed by atoms with Gasteiger partial charge in [-0.25, -0.2) is 9.50 Å². The van der Waals surface area contributed by atoms with E-state index in [4.69, 9.17) is 0 Å². The van der Waals surface area contributed by atoms with Gasteiger partial charge in [0.2, 0.25) is 0 Å². The number of nitrogens with zero attached hydrogens (tertiary/aromatic N) is 4. The minimum atomic E-state index is -4.27. The zero-order valence-corrected chi connectivity index (χ0v) is 12.9. The number of aromatic nitrogens is 3. The predicted octanol–water partition coefficient (Wildman–Crippen LogP) is 2.76. The highest BCUT2D eigenvalue weighted by molar-refractivity contribution is 5.99. The van der Waals surface area contributed by atoms with Gasteiger partial charge in [-0.05, 0) is 32.8 Å². The van der Waals surface area contributed by atoms with Gasteiger partial charge in [-0.1, -0.05) is 0 Å². The molecule has 3 rings (SSSR count). The number of hydrogen-bond acceptors (Lipinski definition) is 3. The van der Waals surface area contributed by atoms with Crippen LogP contribution in [0.25, 0.3) is 5.65 Å². The summed E-state index contributed by atoms with van der Waals surface area (Å²) in [6, 6.07) is 1.83. The number of aryl methyl sites for hydroxylation is 2. The molecule has 2 aromatic heterocycles. The molecule has 1 saturated heterocycles. The molecule has 124 valence electrons. The maximum absolute atomic E-state index is 12.9. The molecular weight excluding hydrogens is 309 g/mol. The van der Waals surface area contributed by atoms with Crippen molar-refractivity contribution in [3.8, 4) is 0 Å². The predicted molar refractivity (Wildman–Crippen MR) is 77.1 cm³/mol. The number of halogens is 3. The lowest BCUT2D eigenvalue weighted by molar-refractivity contribution is -0.184. The van der Waals surface area contributed by atoms with Crippen molar-refractivity contribution in [2.45, 2.75) is 32.9 Å². The first-order valence-corrected chi connectivity index (χ1v) is 7.45. The molecule has 0 bridgehead atoms. The topological polar surface area (TPSA) is 50.5 Å². The van der Waals surface area contributed by atoms with E-state index in [9.17, 15) is 18.0 Å². The van der Waals surface area contributed by atoms with Crippen LogP contribution in [0.3, 0.4) is 0 Å². The molecule has 23 heavy (non-hydrogen) atoms. The van der Waals surface area contributed by atoms with Crippen LogP contribution in [-0.2, 0) is 0 Å². The number of piperidine rings is 1. The minimum absolute atomic E-state index is 0.0680. The van der Waals surface area contributed by atoms with Crippen LogP contribution in [0.5, 0.6) is 0 Å². The van der Waals surface area contributed by atoms with E-state index in [-0.39, 0.29) is 18.5 Å². The number of likely N-dealkylation sites (tertiary alicyclic amines) is 1. The van der Waals surface area contributed by atoms with Gasteiger partial charge in [-0.3, -0.25) is 4.79 Å². The van der Waals surface area contributed by atoms with Crippen molar-refractivity contribution < 1.29 is 18.0 Å². The third-order valence-corrected chi connectivity index (χ3v) is 4.18. The van der Waals surface area contributed by atoms with Gasteiger partial charge in [-0.2, -0.15) is 18.3 Å². The molecule has 1 fully saturated rings. The van der Waals surface area contributed by atoms with Crippen LogP contribution in [0, 0.1) is 19.8 Å². The average Bonchev–Trinajstić information content (AvgIpc) is 2.89. The molecule has 1 aliphatic heterocycles. The maximum Gasteiger partial charge on any atom is 0.393 e. The van der Waals surface area contributed by atoms with Crippen LogP contribution < -0.4 is 0 Å². The van der Waals surface area contributed by atoms with E-state index < -0.39 is 18.0 Å². The molecular formula is C15H17F3N4O. The molecule has 0 aliphatic carbocycles. The molecule has 0 spiro atoms. The maximum atomic E-state index is 12.9. The summed E-state index contributed by atoms with van der Waals surface area (Å²) in [5, 5.41) is 4.13. The summed E-state index contributed by atoms with van der Waals surface area (Å²) in [5.74, 6) is -1.90. The Morgan fingerprint density at radius 2 is 2.09 bits per heavy atom.